The quantitative estimate of drug-likeness (QED) is 0.601. The highest BCUT2D eigenvalue weighted by atomic mass is 32.2. The van der Waals surface area contributed by atoms with E-state index in [1.165, 1.54) is 6.07 Å². The van der Waals surface area contributed by atoms with Crippen molar-refractivity contribution in [2.45, 2.75) is 38.9 Å². The lowest BCUT2D eigenvalue weighted by atomic mass is 10.1. The molecule has 0 fully saturated rings. The highest BCUT2D eigenvalue weighted by Gasteiger charge is 2.27. The Balaban J connectivity index is 3.08. The molecule has 1 atom stereocenters. The SMILES string of the molecule is CC/C(=N\[S@+]([O-])C(C)(C)C)c1ccccc1F. The van der Waals surface area contributed by atoms with Gasteiger partial charge in [-0.15, -0.1) is 0 Å². The molecule has 0 unspecified atom stereocenters. The second kappa shape index (κ2) is 5.65. The van der Waals surface area contributed by atoms with Crippen molar-refractivity contribution in [2.75, 3.05) is 0 Å². The van der Waals surface area contributed by atoms with Crippen molar-refractivity contribution in [1.29, 1.82) is 0 Å². The number of benzene rings is 1. The van der Waals surface area contributed by atoms with Gasteiger partial charge in [0, 0.05) is 5.56 Å². The van der Waals surface area contributed by atoms with E-state index < -0.39 is 16.1 Å². The van der Waals surface area contributed by atoms with Gasteiger partial charge in [0.15, 0.2) is 0 Å². The lowest BCUT2D eigenvalue weighted by Gasteiger charge is -2.19. The van der Waals surface area contributed by atoms with E-state index in [1.54, 1.807) is 18.2 Å². The minimum atomic E-state index is -1.35. The number of halogens is 1. The molecule has 94 valence electrons. The smallest absolute Gasteiger partial charge is 0.144 e. The summed E-state index contributed by atoms with van der Waals surface area (Å²) in [6.45, 7) is 7.43. The van der Waals surface area contributed by atoms with Gasteiger partial charge in [0.2, 0.25) is 0 Å². The Kier molecular flexibility index (Phi) is 4.71. The molecule has 0 saturated heterocycles. The van der Waals surface area contributed by atoms with Gasteiger partial charge in [-0.2, -0.15) is 0 Å². The molecule has 0 amide bonds. The Hall–Kier alpha value is -0.870. The van der Waals surface area contributed by atoms with Gasteiger partial charge in [0.1, 0.15) is 27.6 Å². The van der Waals surface area contributed by atoms with Crippen molar-refractivity contribution in [3.05, 3.63) is 35.6 Å². The Morgan fingerprint density at radius 2 is 1.94 bits per heavy atom. The second-order valence-corrected chi connectivity index (χ2v) is 6.64. The first-order valence-electron chi connectivity index (χ1n) is 5.60. The fourth-order valence-corrected chi connectivity index (χ4v) is 1.94. The molecule has 0 aliphatic rings. The summed E-state index contributed by atoms with van der Waals surface area (Å²) in [6.07, 6.45) is 0.558. The van der Waals surface area contributed by atoms with Gasteiger partial charge in [-0.25, -0.2) is 4.39 Å². The van der Waals surface area contributed by atoms with Crippen molar-refractivity contribution >= 4 is 17.1 Å². The Bertz CT molecular complexity index is 412. The van der Waals surface area contributed by atoms with Gasteiger partial charge in [0.05, 0.1) is 0 Å². The molecule has 0 bridgehead atoms. The maximum Gasteiger partial charge on any atom is 0.144 e. The average Bonchev–Trinajstić information content (AvgIpc) is 2.25. The first-order chi connectivity index (χ1) is 7.86. The van der Waals surface area contributed by atoms with Crippen LogP contribution in [0.5, 0.6) is 0 Å². The number of hydrogen-bond donors (Lipinski definition) is 0. The summed E-state index contributed by atoms with van der Waals surface area (Å²) < 4.78 is 29.2. The minimum absolute atomic E-state index is 0.320. The van der Waals surface area contributed by atoms with Crippen LogP contribution in [-0.4, -0.2) is 15.0 Å². The van der Waals surface area contributed by atoms with Crippen molar-refractivity contribution in [2.24, 2.45) is 4.40 Å². The monoisotopic (exact) mass is 255 g/mol. The number of rotatable bonds is 3. The highest BCUT2D eigenvalue weighted by molar-refractivity contribution is 7.91. The molecule has 0 radical (unpaired) electrons. The van der Waals surface area contributed by atoms with Gasteiger partial charge in [-0.05, 0) is 33.3 Å². The summed E-state index contributed by atoms with van der Waals surface area (Å²) in [6, 6.07) is 6.44. The van der Waals surface area contributed by atoms with Crippen LogP contribution >= 0.6 is 0 Å². The average molecular weight is 255 g/mol. The molecule has 0 aliphatic heterocycles. The third-order valence-electron chi connectivity index (χ3n) is 2.24. The fourth-order valence-electron chi connectivity index (χ4n) is 1.24. The summed E-state index contributed by atoms with van der Waals surface area (Å²) in [7, 11) is 0. The standard InChI is InChI=1S/C13H18FNOS/c1-5-12(15-17(16)13(2,3)4)10-8-6-7-9-11(10)14/h6-9H,5H2,1-4H3/b15-12+/t17-/m1/s1. The van der Waals surface area contributed by atoms with E-state index in [2.05, 4.69) is 4.40 Å². The molecule has 0 saturated carbocycles. The molecule has 0 aromatic heterocycles. The summed E-state index contributed by atoms with van der Waals surface area (Å²) in [5, 5.41) is 0. The largest absolute Gasteiger partial charge is 0.591 e. The predicted molar refractivity (Wildman–Crippen MR) is 71.1 cm³/mol. The van der Waals surface area contributed by atoms with Gasteiger partial charge >= 0.3 is 0 Å². The van der Waals surface area contributed by atoms with Gasteiger partial charge < -0.3 is 4.55 Å². The molecular formula is C13H18FNOS. The zero-order chi connectivity index (χ0) is 13.1. The summed E-state index contributed by atoms with van der Waals surface area (Å²) in [5.41, 5.74) is 0.990. The van der Waals surface area contributed by atoms with Crippen LogP contribution in [0.15, 0.2) is 28.7 Å². The third kappa shape index (κ3) is 3.82. The summed E-state index contributed by atoms with van der Waals surface area (Å²) in [5.74, 6) is -0.320. The van der Waals surface area contributed by atoms with Crippen LogP contribution in [0.3, 0.4) is 0 Å². The molecular weight excluding hydrogens is 237 g/mol. The zero-order valence-electron chi connectivity index (χ0n) is 10.7. The van der Waals surface area contributed by atoms with E-state index in [0.29, 0.717) is 17.7 Å². The molecule has 0 heterocycles. The second-order valence-electron chi connectivity index (χ2n) is 4.73. The topological polar surface area (TPSA) is 35.4 Å². The van der Waals surface area contributed by atoms with Crippen molar-refractivity contribution in [3.63, 3.8) is 0 Å². The number of hydrogen-bond acceptors (Lipinski definition) is 2. The third-order valence-corrected chi connectivity index (χ3v) is 3.67. The van der Waals surface area contributed by atoms with Crippen molar-refractivity contribution in [1.82, 2.24) is 0 Å². The maximum atomic E-state index is 13.6. The Labute approximate surface area is 105 Å². The first-order valence-corrected chi connectivity index (χ1v) is 6.71. The van der Waals surface area contributed by atoms with E-state index in [4.69, 9.17) is 0 Å². The molecule has 0 N–H and O–H groups in total. The minimum Gasteiger partial charge on any atom is -0.591 e. The van der Waals surface area contributed by atoms with E-state index >= 15 is 0 Å². The summed E-state index contributed by atoms with van der Waals surface area (Å²) >= 11 is -1.35. The Morgan fingerprint density at radius 3 is 2.41 bits per heavy atom. The van der Waals surface area contributed by atoms with Crippen molar-refractivity contribution < 1.29 is 8.94 Å². The molecule has 0 aliphatic carbocycles. The van der Waals surface area contributed by atoms with E-state index in [-0.39, 0.29) is 5.82 Å². The molecule has 1 aromatic rings. The lowest BCUT2D eigenvalue weighted by molar-refractivity contribution is 0.561. The Morgan fingerprint density at radius 1 is 1.35 bits per heavy atom. The molecule has 2 nitrogen and oxygen atoms in total. The van der Waals surface area contributed by atoms with Crippen LogP contribution < -0.4 is 0 Å². The highest BCUT2D eigenvalue weighted by Crippen LogP contribution is 2.20. The van der Waals surface area contributed by atoms with E-state index in [1.807, 2.05) is 27.7 Å². The van der Waals surface area contributed by atoms with E-state index in [9.17, 15) is 8.94 Å². The van der Waals surface area contributed by atoms with E-state index in [0.717, 1.165) is 0 Å². The summed E-state index contributed by atoms with van der Waals surface area (Å²) in [4.78, 5) is 0. The van der Waals surface area contributed by atoms with Gasteiger partial charge in [0.25, 0.3) is 0 Å². The van der Waals surface area contributed by atoms with Crippen LogP contribution in [0.1, 0.15) is 39.7 Å². The molecule has 1 rings (SSSR count). The molecule has 1 aromatic carbocycles. The normalized spacial score (nSPS) is 14.8. The van der Waals surface area contributed by atoms with Crippen LogP contribution in [0.25, 0.3) is 0 Å². The molecule has 0 spiro atoms. The van der Waals surface area contributed by atoms with Crippen LogP contribution in [0.2, 0.25) is 0 Å². The van der Waals surface area contributed by atoms with Crippen LogP contribution in [-0.2, 0) is 11.4 Å². The maximum absolute atomic E-state index is 13.6. The van der Waals surface area contributed by atoms with Gasteiger partial charge in [-0.3, -0.25) is 0 Å². The molecule has 17 heavy (non-hydrogen) atoms. The molecule has 4 heteroatoms. The fraction of sp³-hybridized carbons (Fsp3) is 0.462. The van der Waals surface area contributed by atoms with Crippen LogP contribution in [0, 0.1) is 5.82 Å². The van der Waals surface area contributed by atoms with Gasteiger partial charge in [-0.1, -0.05) is 29.5 Å². The number of nitrogens with zero attached hydrogens (tertiary/aromatic N) is 1. The lowest BCUT2D eigenvalue weighted by Crippen LogP contribution is -2.27. The first kappa shape index (κ1) is 14.2. The predicted octanol–water partition coefficient (Wildman–Crippen LogP) is 3.49. The van der Waals surface area contributed by atoms with Crippen LogP contribution in [0.4, 0.5) is 4.39 Å². The van der Waals surface area contributed by atoms with Crippen molar-refractivity contribution in [3.8, 4) is 0 Å². The zero-order valence-corrected chi connectivity index (χ0v) is 11.5.